The molecule has 8 heteroatoms. The molecular weight excluding hydrogens is 504 g/mol. The quantitative estimate of drug-likeness (QED) is 0.570. The summed E-state index contributed by atoms with van der Waals surface area (Å²) in [5.41, 5.74) is -1.42. The molecule has 1 heterocycles. The van der Waals surface area contributed by atoms with Crippen LogP contribution in [0.4, 0.5) is 0 Å². The fourth-order valence-corrected chi connectivity index (χ4v) is 5.45. The molecule has 1 aliphatic rings. The van der Waals surface area contributed by atoms with Crippen molar-refractivity contribution in [2.24, 2.45) is 0 Å². The molecule has 2 aromatic carbocycles. The molecule has 220 valence electrons. The number of likely N-dealkylation sites (N-methyl/N-ethyl adjacent to an activating group) is 2. The van der Waals surface area contributed by atoms with Crippen LogP contribution in [-0.4, -0.2) is 84.2 Å². The normalized spacial score (nSPS) is 26.9. The Morgan fingerprint density at radius 3 is 1.25 bits per heavy atom. The summed E-state index contributed by atoms with van der Waals surface area (Å²) in [4.78, 5) is 31.7. The first-order valence-corrected chi connectivity index (χ1v) is 14.0. The lowest BCUT2D eigenvalue weighted by atomic mass is 9.95. The summed E-state index contributed by atoms with van der Waals surface area (Å²) in [6.07, 6.45) is 0. The maximum atomic E-state index is 13.8. The largest absolute Gasteiger partial charge is 0.359 e. The highest BCUT2D eigenvalue weighted by molar-refractivity contribution is 5.86. The minimum absolute atomic E-state index is 0.171. The zero-order valence-corrected chi connectivity index (χ0v) is 25.5. The van der Waals surface area contributed by atoms with Gasteiger partial charge in [0.05, 0.1) is 13.2 Å². The minimum atomic E-state index is -1.11. The number of benzene rings is 2. The van der Waals surface area contributed by atoms with E-state index in [4.69, 9.17) is 9.47 Å². The summed E-state index contributed by atoms with van der Waals surface area (Å²) in [6, 6.07) is 19.7. The average molecular weight is 553 g/mol. The number of nitrogens with one attached hydrogen (secondary N) is 2. The van der Waals surface area contributed by atoms with E-state index < -0.39 is 22.3 Å². The first-order chi connectivity index (χ1) is 18.6. The smallest absolute Gasteiger partial charge is 0.253 e. The Kier molecular flexibility index (Phi) is 10.2. The maximum Gasteiger partial charge on any atom is 0.253 e. The van der Waals surface area contributed by atoms with Crippen molar-refractivity contribution in [1.82, 2.24) is 20.4 Å². The average Bonchev–Trinajstić information content (AvgIpc) is 2.85. The summed E-state index contributed by atoms with van der Waals surface area (Å²) >= 11 is 0. The molecule has 1 fully saturated rings. The summed E-state index contributed by atoms with van der Waals surface area (Å²) in [5, 5.41) is 6.46. The third-order valence-corrected chi connectivity index (χ3v) is 7.14. The van der Waals surface area contributed by atoms with Gasteiger partial charge < -0.3 is 29.9 Å². The van der Waals surface area contributed by atoms with E-state index in [9.17, 15) is 9.59 Å². The van der Waals surface area contributed by atoms with Crippen LogP contribution in [0.5, 0.6) is 0 Å². The van der Waals surface area contributed by atoms with E-state index in [1.807, 2.05) is 126 Å². The molecule has 1 aliphatic heterocycles. The van der Waals surface area contributed by atoms with Gasteiger partial charge in [-0.1, -0.05) is 60.7 Å². The number of amides is 2. The third-order valence-electron chi connectivity index (χ3n) is 7.14. The van der Waals surface area contributed by atoms with E-state index in [-0.39, 0.29) is 11.8 Å². The molecule has 1 saturated heterocycles. The SMILES string of the molecule is CN1CC(C)(C)NC(=O)[C@@](C)(OCc2ccccc2)CN(C)CC(C)(C)NC(=O)[C@](C)(OCc2ccccc2)C1. The first kappa shape index (κ1) is 31.7. The zero-order chi connectivity index (χ0) is 29.6. The van der Waals surface area contributed by atoms with Crippen LogP contribution in [0.1, 0.15) is 52.7 Å². The second-order valence-corrected chi connectivity index (χ2v) is 13.0. The zero-order valence-electron chi connectivity index (χ0n) is 25.5. The lowest BCUT2D eigenvalue weighted by molar-refractivity contribution is -0.155. The number of nitrogens with zero attached hydrogens (tertiary/aromatic N) is 2. The Labute approximate surface area is 240 Å². The summed E-state index contributed by atoms with van der Waals surface area (Å²) < 4.78 is 12.7. The van der Waals surface area contributed by atoms with Gasteiger partial charge in [0.2, 0.25) is 0 Å². The molecule has 40 heavy (non-hydrogen) atoms. The van der Waals surface area contributed by atoms with Crippen molar-refractivity contribution in [3.8, 4) is 0 Å². The van der Waals surface area contributed by atoms with E-state index in [1.165, 1.54) is 0 Å². The maximum absolute atomic E-state index is 13.8. The van der Waals surface area contributed by atoms with Crippen LogP contribution in [-0.2, 0) is 32.3 Å². The van der Waals surface area contributed by atoms with Crippen LogP contribution in [0.3, 0.4) is 0 Å². The Hall–Kier alpha value is -2.78. The number of hydrogen-bond donors (Lipinski definition) is 2. The minimum Gasteiger partial charge on any atom is -0.359 e. The molecule has 2 N–H and O–H groups in total. The van der Waals surface area contributed by atoms with Gasteiger partial charge in [0, 0.05) is 37.3 Å². The molecule has 0 bridgehead atoms. The molecule has 0 aliphatic carbocycles. The molecular formula is C32H48N4O4. The highest BCUT2D eigenvalue weighted by Crippen LogP contribution is 2.23. The molecule has 0 aromatic heterocycles. The van der Waals surface area contributed by atoms with E-state index in [0.717, 1.165) is 11.1 Å². The molecule has 0 saturated carbocycles. The standard InChI is InChI=1S/C32H48N4O4/c1-29(2)21-35(7)23-32(6,40-20-26-17-13-10-14-18-26)28(38)34-30(3,4)22-36(8)24-31(5,27(37)33-29)39-19-25-15-11-9-12-16-25/h9-18H,19-24H2,1-8H3,(H,33,37)(H,34,38)/t31-,32+. The Morgan fingerprint density at radius 1 is 0.600 bits per heavy atom. The van der Waals surface area contributed by atoms with Crippen LogP contribution >= 0.6 is 0 Å². The Bertz CT molecular complexity index is 1030. The lowest BCUT2D eigenvalue weighted by Crippen LogP contribution is -2.65. The fourth-order valence-electron chi connectivity index (χ4n) is 5.45. The molecule has 8 nitrogen and oxygen atoms in total. The molecule has 2 atom stereocenters. The predicted octanol–water partition coefficient (Wildman–Crippen LogP) is 3.60. The Balaban J connectivity index is 1.87. The highest BCUT2D eigenvalue weighted by Gasteiger charge is 2.43. The number of carbonyl (C=O) groups is 2. The van der Waals surface area contributed by atoms with Gasteiger partial charge in [0.15, 0.2) is 11.2 Å². The molecule has 0 radical (unpaired) electrons. The van der Waals surface area contributed by atoms with Crippen LogP contribution in [0.25, 0.3) is 0 Å². The number of ether oxygens (including phenoxy) is 2. The van der Waals surface area contributed by atoms with Gasteiger partial charge in [-0.05, 0) is 66.8 Å². The van der Waals surface area contributed by atoms with Crippen molar-refractivity contribution in [2.75, 3.05) is 40.3 Å². The molecule has 0 unspecified atom stereocenters. The van der Waals surface area contributed by atoms with Crippen molar-refractivity contribution >= 4 is 11.8 Å². The molecule has 3 rings (SSSR count). The van der Waals surface area contributed by atoms with Gasteiger partial charge in [0.25, 0.3) is 11.8 Å². The van der Waals surface area contributed by atoms with E-state index in [2.05, 4.69) is 10.6 Å². The molecule has 2 amide bonds. The van der Waals surface area contributed by atoms with Crippen LogP contribution in [0.2, 0.25) is 0 Å². The van der Waals surface area contributed by atoms with Crippen molar-refractivity contribution < 1.29 is 19.1 Å². The van der Waals surface area contributed by atoms with Crippen LogP contribution < -0.4 is 10.6 Å². The van der Waals surface area contributed by atoms with Gasteiger partial charge in [-0.3, -0.25) is 9.59 Å². The second-order valence-electron chi connectivity index (χ2n) is 13.0. The topological polar surface area (TPSA) is 83.1 Å². The van der Waals surface area contributed by atoms with E-state index in [1.54, 1.807) is 0 Å². The van der Waals surface area contributed by atoms with Crippen molar-refractivity contribution in [1.29, 1.82) is 0 Å². The van der Waals surface area contributed by atoms with Crippen LogP contribution in [0, 0.1) is 0 Å². The van der Waals surface area contributed by atoms with Crippen LogP contribution in [0.15, 0.2) is 60.7 Å². The number of hydrogen-bond acceptors (Lipinski definition) is 6. The number of rotatable bonds is 6. The predicted molar refractivity (Wildman–Crippen MR) is 159 cm³/mol. The van der Waals surface area contributed by atoms with E-state index >= 15 is 0 Å². The monoisotopic (exact) mass is 552 g/mol. The molecule has 0 spiro atoms. The summed E-state index contributed by atoms with van der Waals surface area (Å²) in [7, 11) is 3.89. The Morgan fingerprint density at radius 2 is 0.925 bits per heavy atom. The summed E-state index contributed by atoms with van der Waals surface area (Å²) in [5.74, 6) is -0.341. The number of carbonyl (C=O) groups excluding carboxylic acids is 2. The van der Waals surface area contributed by atoms with Crippen molar-refractivity contribution in [3.05, 3.63) is 71.8 Å². The third kappa shape index (κ3) is 9.13. The van der Waals surface area contributed by atoms with Crippen molar-refractivity contribution in [2.45, 2.75) is 77.0 Å². The first-order valence-electron chi connectivity index (χ1n) is 14.0. The fraction of sp³-hybridized carbons (Fsp3) is 0.562. The molecule has 2 aromatic rings. The second kappa shape index (κ2) is 12.8. The van der Waals surface area contributed by atoms with Gasteiger partial charge >= 0.3 is 0 Å². The van der Waals surface area contributed by atoms with Gasteiger partial charge in [-0.15, -0.1) is 0 Å². The van der Waals surface area contributed by atoms with Gasteiger partial charge in [0.1, 0.15) is 0 Å². The van der Waals surface area contributed by atoms with E-state index in [0.29, 0.717) is 39.4 Å². The van der Waals surface area contributed by atoms with Gasteiger partial charge in [-0.2, -0.15) is 0 Å². The highest BCUT2D eigenvalue weighted by atomic mass is 16.5. The summed E-state index contributed by atoms with van der Waals surface area (Å²) in [6.45, 7) is 14.0. The lowest BCUT2D eigenvalue weighted by Gasteiger charge is -2.42. The van der Waals surface area contributed by atoms with Crippen molar-refractivity contribution in [3.63, 3.8) is 0 Å². The van der Waals surface area contributed by atoms with Gasteiger partial charge in [-0.25, -0.2) is 0 Å².